The molecule has 0 fully saturated rings. The molecule has 0 saturated heterocycles. The van der Waals surface area contributed by atoms with E-state index in [9.17, 15) is 18.0 Å². The van der Waals surface area contributed by atoms with Crippen molar-refractivity contribution in [1.29, 1.82) is 5.26 Å². The van der Waals surface area contributed by atoms with Crippen LogP contribution in [0.5, 0.6) is 11.5 Å². The summed E-state index contributed by atoms with van der Waals surface area (Å²) in [5.74, 6) is -0.425. The summed E-state index contributed by atoms with van der Waals surface area (Å²) >= 11 is 5.84. The Morgan fingerprint density at radius 2 is 2.00 bits per heavy atom. The Bertz CT molecular complexity index is 917. The van der Waals surface area contributed by atoms with Crippen molar-refractivity contribution < 1.29 is 58.5 Å². The van der Waals surface area contributed by atoms with Gasteiger partial charge < -0.3 is 11.0 Å². The van der Waals surface area contributed by atoms with Gasteiger partial charge in [0.1, 0.15) is 11.5 Å². The molecule has 0 radical (unpaired) electrons. The molecule has 0 amide bonds. The summed E-state index contributed by atoms with van der Waals surface area (Å²) in [6, 6.07) is 8.87. The standard InChI is InChI=1S/C17H10ClF3N2O3.Na.H/c1-10(24)26-23-9-12-6-14(4-2-11(12)8-22)25-16-5-3-13(7-15(16)18)17(19,20)21;;/h2-7,9H,1H3;;/q;+1;-1. The summed E-state index contributed by atoms with van der Waals surface area (Å²) < 4.78 is 43.4. The van der Waals surface area contributed by atoms with Crippen LogP contribution < -0.4 is 34.3 Å². The molecule has 0 aliphatic heterocycles. The van der Waals surface area contributed by atoms with Crippen LogP contribution >= 0.6 is 11.6 Å². The fraction of sp³-hybridized carbons (Fsp3) is 0.118. The zero-order chi connectivity index (χ0) is 19.3. The number of carbonyl (C=O) groups excluding carboxylic acids is 1. The number of benzene rings is 2. The van der Waals surface area contributed by atoms with Gasteiger partial charge in [-0.25, -0.2) is 4.79 Å². The summed E-state index contributed by atoms with van der Waals surface area (Å²) in [5.41, 5.74) is -0.384. The maximum atomic E-state index is 12.7. The van der Waals surface area contributed by atoms with Crippen molar-refractivity contribution in [3.63, 3.8) is 0 Å². The molecule has 10 heteroatoms. The monoisotopic (exact) mass is 406 g/mol. The van der Waals surface area contributed by atoms with Gasteiger partial charge in [-0.05, 0) is 36.4 Å². The molecule has 5 nitrogen and oxygen atoms in total. The van der Waals surface area contributed by atoms with Crippen LogP contribution in [0.1, 0.15) is 25.0 Å². The van der Waals surface area contributed by atoms with Crippen molar-refractivity contribution in [2.75, 3.05) is 0 Å². The molecule has 2 aromatic rings. The molecular weight excluding hydrogens is 396 g/mol. The molecule has 27 heavy (non-hydrogen) atoms. The third kappa shape index (κ3) is 6.56. The third-order valence-electron chi connectivity index (χ3n) is 3.00. The first-order valence-electron chi connectivity index (χ1n) is 7.00. The van der Waals surface area contributed by atoms with Crippen molar-refractivity contribution in [1.82, 2.24) is 0 Å². The number of carbonyl (C=O) groups is 1. The molecule has 0 N–H and O–H groups in total. The maximum Gasteiger partial charge on any atom is 1.00 e. The summed E-state index contributed by atoms with van der Waals surface area (Å²) in [6.07, 6.45) is -3.38. The van der Waals surface area contributed by atoms with Crippen molar-refractivity contribution in [3.05, 3.63) is 58.1 Å². The Labute approximate surface area is 181 Å². The van der Waals surface area contributed by atoms with Crippen LogP contribution in [0.2, 0.25) is 5.02 Å². The van der Waals surface area contributed by atoms with Crippen LogP contribution in [0.15, 0.2) is 41.6 Å². The number of hydrogen-bond donors (Lipinski definition) is 0. The SMILES string of the molecule is CC(=O)ON=Cc1cc(Oc2ccc(C(F)(F)F)cc2Cl)ccc1C#N.[H-].[Na+]. The van der Waals surface area contributed by atoms with Crippen LogP contribution in [-0.4, -0.2) is 12.2 Å². The summed E-state index contributed by atoms with van der Waals surface area (Å²) in [6.45, 7) is 1.16. The van der Waals surface area contributed by atoms with Crippen molar-refractivity contribution in [3.8, 4) is 17.6 Å². The molecule has 0 saturated carbocycles. The molecule has 2 aromatic carbocycles. The van der Waals surface area contributed by atoms with Gasteiger partial charge in [-0.2, -0.15) is 18.4 Å². The number of ether oxygens (including phenoxy) is 1. The smallest absolute Gasteiger partial charge is 1.00 e. The maximum absolute atomic E-state index is 12.7. The zero-order valence-corrected chi connectivity index (χ0v) is 16.9. The molecule has 2 rings (SSSR count). The van der Waals surface area contributed by atoms with E-state index < -0.39 is 17.7 Å². The second-order valence-electron chi connectivity index (χ2n) is 4.92. The van der Waals surface area contributed by atoms with E-state index in [1.165, 1.54) is 18.2 Å². The van der Waals surface area contributed by atoms with E-state index >= 15 is 0 Å². The quantitative estimate of drug-likeness (QED) is 0.337. The Hall–Kier alpha value is -2.05. The molecule has 0 spiro atoms. The van der Waals surface area contributed by atoms with Crippen LogP contribution in [0.4, 0.5) is 13.2 Å². The Balaban J connectivity index is 0.00000364. The van der Waals surface area contributed by atoms with Gasteiger partial charge in [0, 0.05) is 12.5 Å². The molecule has 0 atom stereocenters. The average molecular weight is 407 g/mol. The predicted molar refractivity (Wildman–Crippen MR) is 88.2 cm³/mol. The molecule has 0 aromatic heterocycles. The molecule has 0 bridgehead atoms. The van der Waals surface area contributed by atoms with E-state index in [2.05, 4.69) is 9.99 Å². The van der Waals surface area contributed by atoms with Gasteiger partial charge in [0.05, 0.1) is 28.4 Å². The van der Waals surface area contributed by atoms with Crippen molar-refractivity contribution in [2.24, 2.45) is 5.16 Å². The number of hydrogen-bond acceptors (Lipinski definition) is 5. The first-order valence-corrected chi connectivity index (χ1v) is 7.38. The van der Waals surface area contributed by atoms with Gasteiger partial charge >= 0.3 is 41.7 Å². The van der Waals surface area contributed by atoms with Crippen LogP contribution in [-0.2, 0) is 15.8 Å². The first kappa shape index (κ1) is 23.0. The molecule has 0 unspecified atom stereocenters. The predicted octanol–water partition coefficient (Wildman–Crippen LogP) is 2.04. The normalized spacial score (nSPS) is 10.8. The van der Waals surface area contributed by atoms with Crippen molar-refractivity contribution in [2.45, 2.75) is 13.1 Å². The van der Waals surface area contributed by atoms with Crippen molar-refractivity contribution >= 4 is 23.8 Å². The fourth-order valence-corrected chi connectivity index (χ4v) is 2.08. The van der Waals surface area contributed by atoms with E-state index in [1.807, 2.05) is 6.07 Å². The van der Waals surface area contributed by atoms with Gasteiger partial charge in [0.2, 0.25) is 0 Å². The van der Waals surface area contributed by atoms with Gasteiger partial charge in [0.25, 0.3) is 0 Å². The number of rotatable bonds is 4. The van der Waals surface area contributed by atoms with E-state index in [0.29, 0.717) is 0 Å². The van der Waals surface area contributed by atoms with Gasteiger partial charge in [-0.15, -0.1) is 0 Å². The largest absolute Gasteiger partial charge is 1.00 e. The fourth-order valence-electron chi connectivity index (χ4n) is 1.86. The minimum atomic E-state index is -4.52. The minimum Gasteiger partial charge on any atom is -1.00 e. The van der Waals surface area contributed by atoms with Crippen LogP contribution in [0.25, 0.3) is 0 Å². The van der Waals surface area contributed by atoms with E-state index in [1.54, 1.807) is 0 Å². The second-order valence-corrected chi connectivity index (χ2v) is 5.33. The molecule has 0 heterocycles. The number of halogens is 4. The summed E-state index contributed by atoms with van der Waals surface area (Å²) in [7, 11) is 0. The zero-order valence-electron chi connectivity index (χ0n) is 15.2. The summed E-state index contributed by atoms with van der Waals surface area (Å²) in [5, 5.41) is 12.3. The molecule has 0 aliphatic rings. The Morgan fingerprint density at radius 3 is 2.56 bits per heavy atom. The average Bonchev–Trinajstić information content (AvgIpc) is 2.55. The topological polar surface area (TPSA) is 71.7 Å². The van der Waals surface area contributed by atoms with Gasteiger partial charge in [0.15, 0.2) is 0 Å². The summed E-state index contributed by atoms with van der Waals surface area (Å²) in [4.78, 5) is 15.1. The number of alkyl halides is 3. The Morgan fingerprint density at radius 1 is 1.30 bits per heavy atom. The Kier molecular flexibility index (Phi) is 8.31. The molecule has 0 aliphatic carbocycles. The van der Waals surface area contributed by atoms with Crippen LogP contribution in [0, 0.1) is 11.3 Å². The molecule has 136 valence electrons. The van der Waals surface area contributed by atoms with Gasteiger partial charge in [-0.1, -0.05) is 16.8 Å². The van der Waals surface area contributed by atoms with Gasteiger partial charge in [-0.3, -0.25) is 0 Å². The molecular formula is C17H11ClF3N2NaO3. The number of nitrogens with zero attached hydrogens (tertiary/aromatic N) is 2. The van der Waals surface area contributed by atoms with E-state index in [4.69, 9.17) is 21.6 Å². The second kappa shape index (κ2) is 9.76. The van der Waals surface area contributed by atoms with E-state index in [-0.39, 0.29) is 58.6 Å². The third-order valence-corrected chi connectivity index (χ3v) is 3.30. The minimum absolute atomic E-state index is 0. The number of nitriles is 1. The number of oxime groups is 1. The van der Waals surface area contributed by atoms with Crippen LogP contribution in [0.3, 0.4) is 0 Å². The van der Waals surface area contributed by atoms with E-state index in [0.717, 1.165) is 31.3 Å². The first-order chi connectivity index (χ1) is 12.2.